The summed E-state index contributed by atoms with van der Waals surface area (Å²) in [5, 5.41) is 15.2. The van der Waals surface area contributed by atoms with E-state index in [-0.39, 0.29) is 12.2 Å². The highest BCUT2D eigenvalue weighted by atomic mass is 32.2. The molecule has 4 nitrogen and oxygen atoms in total. The first-order valence-electron chi connectivity index (χ1n) is 5.61. The summed E-state index contributed by atoms with van der Waals surface area (Å²) in [6.45, 7) is 2.20. The number of aliphatic hydroxyl groups excluding tert-OH is 1. The zero-order chi connectivity index (χ0) is 13.0. The van der Waals surface area contributed by atoms with Gasteiger partial charge in [0.15, 0.2) is 0 Å². The van der Waals surface area contributed by atoms with Crippen molar-refractivity contribution in [2.24, 2.45) is 0 Å². The van der Waals surface area contributed by atoms with Crippen LogP contribution in [0.2, 0.25) is 0 Å². The summed E-state index contributed by atoms with van der Waals surface area (Å²) in [4.78, 5) is 12.1. The van der Waals surface area contributed by atoms with Crippen LogP contribution in [0.1, 0.15) is 5.56 Å². The minimum absolute atomic E-state index is 0.174. The molecule has 0 aliphatic carbocycles. The summed E-state index contributed by atoms with van der Waals surface area (Å²) >= 11 is 1.63. The quantitative estimate of drug-likeness (QED) is 0.825. The van der Waals surface area contributed by atoms with Crippen LogP contribution in [0.4, 0.5) is 0 Å². The molecule has 0 radical (unpaired) electrons. The lowest BCUT2D eigenvalue weighted by molar-refractivity contribution is 0.322. The number of rotatable bonds is 4. The minimum atomic E-state index is -0.203. The number of benzene rings is 1. The van der Waals surface area contributed by atoms with Crippen molar-refractivity contribution in [3.05, 3.63) is 46.2 Å². The first kappa shape index (κ1) is 12.9. The van der Waals surface area contributed by atoms with Crippen molar-refractivity contribution in [2.45, 2.75) is 11.8 Å². The Labute approximate surface area is 109 Å². The van der Waals surface area contributed by atoms with E-state index < -0.39 is 0 Å². The highest BCUT2D eigenvalue weighted by Gasteiger charge is 2.04. The highest BCUT2D eigenvalue weighted by molar-refractivity contribution is 7.99. The van der Waals surface area contributed by atoms with Crippen molar-refractivity contribution in [1.29, 1.82) is 0 Å². The third kappa shape index (κ3) is 3.00. The summed E-state index contributed by atoms with van der Waals surface area (Å²) < 4.78 is 0. The van der Waals surface area contributed by atoms with E-state index in [2.05, 4.69) is 10.2 Å². The Morgan fingerprint density at radius 2 is 2.17 bits per heavy atom. The molecule has 5 heteroatoms. The van der Waals surface area contributed by atoms with E-state index in [0.717, 1.165) is 21.7 Å². The van der Waals surface area contributed by atoms with Gasteiger partial charge in [0, 0.05) is 22.3 Å². The molecule has 0 unspecified atom stereocenters. The number of aromatic nitrogens is 2. The predicted octanol–water partition coefficient (Wildman–Crippen LogP) is 1.83. The first-order valence-corrected chi connectivity index (χ1v) is 6.59. The molecule has 0 amide bonds. The van der Waals surface area contributed by atoms with Crippen LogP contribution in [0.25, 0.3) is 11.3 Å². The molecule has 0 saturated carbocycles. The average molecular weight is 262 g/mol. The molecular formula is C13H14N2O2S. The van der Waals surface area contributed by atoms with E-state index in [1.807, 2.05) is 25.1 Å². The van der Waals surface area contributed by atoms with Gasteiger partial charge in [-0.1, -0.05) is 6.07 Å². The van der Waals surface area contributed by atoms with E-state index >= 15 is 0 Å². The van der Waals surface area contributed by atoms with Gasteiger partial charge in [-0.3, -0.25) is 4.79 Å². The number of aliphatic hydroxyl groups is 1. The van der Waals surface area contributed by atoms with Crippen molar-refractivity contribution >= 4 is 11.8 Å². The molecule has 0 atom stereocenters. The summed E-state index contributed by atoms with van der Waals surface area (Å²) in [7, 11) is 0. The van der Waals surface area contributed by atoms with E-state index in [4.69, 9.17) is 5.11 Å². The second-order valence-electron chi connectivity index (χ2n) is 3.86. The van der Waals surface area contributed by atoms with E-state index in [9.17, 15) is 4.79 Å². The Kier molecular flexibility index (Phi) is 4.17. The largest absolute Gasteiger partial charge is 0.396 e. The molecule has 2 N–H and O–H groups in total. The van der Waals surface area contributed by atoms with Crippen molar-refractivity contribution in [1.82, 2.24) is 10.2 Å². The van der Waals surface area contributed by atoms with Gasteiger partial charge >= 0.3 is 0 Å². The lowest BCUT2D eigenvalue weighted by Gasteiger charge is -2.07. The molecular weight excluding hydrogens is 248 g/mol. The Balaban J connectivity index is 2.28. The predicted molar refractivity (Wildman–Crippen MR) is 72.8 cm³/mol. The van der Waals surface area contributed by atoms with Gasteiger partial charge in [-0.05, 0) is 30.7 Å². The maximum absolute atomic E-state index is 10.9. The van der Waals surface area contributed by atoms with E-state index in [0.29, 0.717) is 5.75 Å². The Morgan fingerprint density at radius 1 is 1.33 bits per heavy atom. The number of nitrogens with one attached hydrogen (secondary N) is 1. The minimum Gasteiger partial charge on any atom is -0.396 e. The summed E-state index contributed by atoms with van der Waals surface area (Å²) in [6, 6.07) is 9.17. The molecule has 2 aromatic rings. The van der Waals surface area contributed by atoms with Crippen molar-refractivity contribution in [3.8, 4) is 11.3 Å². The Morgan fingerprint density at radius 3 is 2.78 bits per heavy atom. The third-order valence-electron chi connectivity index (χ3n) is 2.50. The van der Waals surface area contributed by atoms with Crippen molar-refractivity contribution in [3.63, 3.8) is 0 Å². The van der Waals surface area contributed by atoms with Crippen molar-refractivity contribution in [2.75, 3.05) is 12.4 Å². The summed E-state index contributed by atoms with van der Waals surface area (Å²) in [5.74, 6) is 0.692. The van der Waals surface area contributed by atoms with Gasteiger partial charge in [-0.15, -0.1) is 11.8 Å². The fraction of sp³-hybridized carbons (Fsp3) is 0.231. The van der Waals surface area contributed by atoms with Crippen LogP contribution in [-0.4, -0.2) is 27.7 Å². The number of hydrogen-bond acceptors (Lipinski definition) is 4. The number of hydrogen-bond donors (Lipinski definition) is 2. The molecule has 1 aromatic heterocycles. The average Bonchev–Trinajstić information content (AvgIpc) is 2.38. The van der Waals surface area contributed by atoms with Gasteiger partial charge in [0.1, 0.15) is 0 Å². The molecule has 0 saturated heterocycles. The number of nitrogens with zero attached hydrogens (tertiary/aromatic N) is 1. The van der Waals surface area contributed by atoms with Gasteiger partial charge in [0.05, 0.1) is 12.3 Å². The Bertz CT molecular complexity index is 575. The van der Waals surface area contributed by atoms with Gasteiger partial charge in [-0.25, -0.2) is 5.10 Å². The van der Waals surface area contributed by atoms with Gasteiger partial charge in [0.25, 0.3) is 5.56 Å². The number of thioether (sulfide) groups is 1. The lowest BCUT2D eigenvalue weighted by atomic mass is 10.1. The number of H-pyrrole nitrogens is 1. The van der Waals surface area contributed by atoms with Gasteiger partial charge in [0.2, 0.25) is 0 Å². The number of aryl methyl sites for hydroxylation is 1. The fourth-order valence-electron chi connectivity index (χ4n) is 1.63. The van der Waals surface area contributed by atoms with Crippen LogP contribution < -0.4 is 5.56 Å². The highest BCUT2D eigenvalue weighted by Crippen LogP contribution is 2.26. The number of aromatic amines is 1. The summed E-state index contributed by atoms with van der Waals surface area (Å²) in [5.41, 5.74) is 2.65. The monoisotopic (exact) mass is 262 g/mol. The van der Waals surface area contributed by atoms with Crippen LogP contribution in [-0.2, 0) is 0 Å². The first-order chi connectivity index (χ1) is 8.70. The van der Waals surface area contributed by atoms with Crippen LogP contribution >= 0.6 is 11.8 Å². The van der Waals surface area contributed by atoms with Gasteiger partial charge < -0.3 is 5.11 Å². The third-order valence-corrected chi connectivity index (χ3v) is 3.65. The maximum Gasteiger partial charge on any atom is 0.264 e. The second-order valence-corrected chi connectivity index (χ2v) is 5.00. The van der Waals surface area contributed by atoms with Crippen molar-refractivity contribution < 1.29 is 5.11 Å². The zero-order valence-electron chi connectivity index (χ0n) is 10.0. The normalized spacial score (nSPS) is 10.6. The fourth-order valence-corrected chi connectivity index (χ4v) is 2.39. The van der Waals surface area contributed by atoms with Gasteiger partial charge in [-0.2, -0.15) is 5.10 Å². The van der Waals surface area contributed by atoms with E-state index in [1.165, 1.54) is 6.07 Å². The molecule has 0 fully saturated rings. The van der Waals surface area contributed by atoms with E-state index in [1.54, 1.807) is 17.8 Å². The zero-order valence-corrected chi connectivity index (χ0v) is 10.8. The van der Waals surface area contributed by atoms with Crippen LogP contribution in [0.3, 0.4) is 0 Å². The molecule has 2 rings (SSSR count). The Hall–Kier alpha value is -1.59. The SMILES string of the molecule is Cc1cc(-c2ccc(=O)[nH]n2)ccc1SCCO. The molecule has 0 aliphatic rings. The summed E-state index contributed by atoms with van der Waals surface area (Å²) in [6.07, 6.45) is 0. The van der Waals surface area contributed by atoms with Crippen LogP contribution in [0, 0.1) is 6.92 Å². The molecule has 94 valence electrons. The molecule has 1 heterocycles. The molecule has 0 spiro atoms. The molecule has 0 bridgehead atoms. The molecule has 18 heavy (non-hydrogen) atoms. The second kappa shape index (κ2) is 5.84. The van der Waals surface area contributed by atoms with Crippen LogP contribution in [0.5, 0.6) is 0 Å². The van der Waals surface area contributed by atoms with Crippen LogP contribution in [0.15, 0.2) is 40.0 Å². The smallest absolute Gasteiger partial charge is 0.264 e. The standard InChI is InChI=1S/C13H14N2O2S/c1-9-8-10(2-4-12(9)18-7-6-16)11-3-5-13(17)15-14-11/h2-5,8,16H,6-7H2,1H3,(H,15,17). The maximum atomic E-state index is 10.9. The topological polar surface area (TPSA) is 66.0 Å². The molecule has 0 aliphatic heterocycles. The lowest BCUT2D eigenvalue weighted by Crippen LogP contribution is -2.05. The molecule has 1 aromatic carbocycles.